The molecule has 1 heterocycles. The molecule has 1 saturated carbocycles. The molecule has 1 amide bonds. The third-order valence-electron chi connectivity index (χ3n) is 3.90. The van der Waals surface area contributed by atoms with Crippen LogP contribution in [0.5, 0.6) is 0 Å². The van der Waals surface area contributed by atoms with E-state index in [9.17, 15) is 9.59 Å². The number of hydrogen-bond acceptors (Lipinski definition) is 3. The molecule has 1 aromatic rings. The SMILES string of the molecule is CC(NC(=O)c1ccc(C=CC(=O)O)cn1)C1CCCC1. The topological polar surface area (TPSA) is 79.3 Å². The number of nitrogens with zero attached hydrogens (tertiary/aromatic N) is 1. The maximum atomic E-state index is 12.1. The first-order valence-electron chi connectivity index (χ1n) is 7.24. The number of carboxylic acid groups (broad SMARTS) is 1. The minimum absolute atomic E-state index is 0.161. The predicted molar refractivity (Wildman–Crippen MR) is 79.8 cm³/mol. The van der Waals surface area contributed by atoms with Crippen LogP contribution in [0.4, 0.5) is 0 Å². The van der Waals surface area contributed by atoms with Crippen LogP contribution in [0.2, 0.25) is 0 Å². The van der Waals surface area contributed by atoms with Crippen molar-refractivity contribution in [1.82, 2.24) is 10.3 Å². The molecule has 1 aliphatic rings. The molecule has 2 N–H and O–H groups in total. The second-order valence-electron chi connectivity index (χ2n) is 5.46. The van der Waals surface area contributed by atoms with Crippen LogP contribution in [0.15, 0.2) is 24.4 Å². The highest BCUT2D eigenvalue weighted by Gasteiger charge is 2.23. The lowest BCUT2D eigenvalue weighted by Gasteiger charge is -2.20. The summed E-state index contributed by atoms with van der Waals surface area (Å²) >= 11 is 0. The molecule has 0 spiro atoms. The number of carbonyl (C=O) groups excluding carboxylic acids is 1. The average Bonchev–Trinajstić information content (AvgIpc) is 3.00. The standard InChI is InChI=1S/C16H20N2O3/c1-11(13-4-2-3-5-13)18-16(21)14-8-6-12(10-17-14)7-9-15(19)20/h6-11,13H,2-5H2,1H3,(H,18,21)(H,19,20). The Kier molecular flexibility index (Phi) is 5.09. The molecule has 2 rings (SSSR count). The monoisotopic (exact) mass is 288 g/mol. The van der Waals surface area contributed by atoms with Crippen LogP contribution < -0.4 is 5.32 Å². The highest BCUT2D eigenvalue weighted by atomic mass is 16.4. The molecule has 1 aliphatic carbocycles. The number of pyridine rings is 1. The molecule has 5 heteroatoms. The summed E-state index contributed by atoms with van der Waals surface area (Å²) in [6, 6.07) is 3.45. The molecule has 1 aromatic heterocycles. The number of aromatic nitrogens is 1. The van der Waals surface area contributed by atoms with Gasteiger partial charge in [-0.1, -0.05) is 18.9 Å². The van der Waals surface area contributed by atoms with E-state index < -0.39 is 5.97 Å². The molecule has 21 heavy (non-hydrogen) atoms. The zero-order valence-corrected chi connectivity index (χ0v) is 12.1. The average molecular weight is 288 g/mol. The van der Waals surface area contributed by atoms with E-state index in [-0.39, 0.29) is 11.9 Å². The van der Waals surface area contributed by atoms with Gasteiger partial charge < -0.3 is 10.4 Å². The van der Waals surface area contributed by atoms with Crippen molar-refractivity contribution in [2.45, 2.75) is 38.6 Å². The number of amides is 1. The lowest BCUT2D eigenvalue weighted by molar-refractivity contribution is -0.131. The lowest BCUT2D eigenvalue weighted by atomic mass is 10.00. The van der Waals surface area contributed by atoms with Gasteiger partial charge in [0.25, 0.3) is 5.91 Å². The van der Waals surface area contributed by atoms with Gasteiger partial charge in [0.2, 0.25) is 0 Å². The minimum Gasteiger partial charge on any atom is -0.478 e. The van der Waals surface area contributed by atoms with Crippen molar-refractivity contribution in [3.8, 4) is 0 Å². The van der Waals surface area contributed by atoms with E-state index in [1.807, 2.05) is 6.92 Å². The van der Waals surface area contributed by atoms with Gasteiger partial charge in [0.05, 0.1) is 0 Å². The second kappa shape index (κ2) is 7.02. The summed E-state index contributed by atoms with van der Waals surface area (Å²) in [5, 5.41) is 11.5. The molecule has 1 fully saturated rings. The molecule has 1 atom stereocenters. The number of carbonyl (C=O) groups is 2. The molecule has 5 nitrogen and oxygen atoms in total. The summed E-state index contributed by atoms with van der Waals surface area (Å²) in [5.74, 6) is -0.628. The lowest BCUT2D eigenvalue weighted by Crippen LogP contribution is -2.37. The number of hydrogen-bond donors (Lipinski definition) is 2. The van der Waals surface area contributed by atoms with Crippen molar-refractivity contribution in [2.75, 3.05) is 0 Å². The Morgan fingerprint density at radius 1 is 1.38 bits per heavy atom. The van der Waals surface area contributed by atoms with E-state index in [2.05, 4.69) is 10.3 Å². The summed E-state index contributed by atoms with van der Waals surface area (Å²) in [6.45, 7) is 2.04. The third kappa shape index (κ3) is 4.41. The predicted octanol–water partition coefficient (Wildman–Crippen LogP) is 2.49. The van der Waals surface area contributed by atoms with Crippen LogP contribution in [-0.4, -0.2) is 28.0 Å². The summed E-state index contributed by atoms with van der Waals surface area (Å²) in [7, 11) is 0. The molecular formula is C16H20N2O3. The Morgan fingerprint density at radius 3 is 2.67 bits per heavy atom. The maximum absolute atomic E-state index is 12.1. The molecule has 0 radical (unpaired) electrons. The van der Waals surface area contributed by atoms with Crippen LogP contribution in [0.25, 0.3) is 6.08 Å². The van der Waals surface area contributed by atoms with Gasteiger partial charge in [-0.2, -0.15) is 0 Å². The Bertz CT molecular complexity index is 531. The molecule has 0 bridgehead atoms. The van der Waals surface area contributed by atoms with Gasteiger partial charge in [-0.3, -0.25) is 9.78 Å². The van der Waals surface area contributed by atoms with E-state index in [4.69, 9.17) is 5.11 Å². The fourth-order valence-corrected chi connectivity index (χ4v) is 2.66. The molecule has 0 aliphatic heterocycles. The Morgan fingerprint density at radius 2 is 2.10 bits per heavy atom. The van der Waals surface area contributed by atoms with Crippen molar-refractivity contribution in [3.05, 3.63) is 35.7 Å². The van der Waals surface area contributed by atoms with Crippen LogP contribution in [0, 0.1) is 5.92 Å². The van der Waals surface area contributed by atoms with Crippen molar-refractivity contribution >= 4 is 18.0 Å². The number of nitrogens with one attached hydrogen (secondary N) is 1. The summed E-state index contributed by atoms with van der Waals surface area (Å²) in [6.07, 6.45) is 8.81. The second-order valence-corrected chi connectivity index (χ2v) is 5.46. The fourth-order valence-electron chi connectivity index (χ4n) is 2.66. The number of aliphatic carboxylic acids is 1. The number of rotatable bonds is 5. The van der Waals surface area contributed by atoms with E-state index >= 15 is 0 Å². The Hall–Kier alpha value is -2.17. The Labute approximate surface area is 124 Å². The van der Waals surface area contributed by atoms with Crippen molar-refractivity contribution < 1.29 is 14.7 Å². The zero-order chi connectivity index (χ0) is 15.2. The van der Waals surface area contributed by atoms with Gasteiger partial charge in [-0.25, -0.2) is 4.79 Å². The summed E-state index contributed by atoms with van der Waals surface area (Å²) < 4.78 is 0. The summed E-state index contributed by atoms with van der Waals surface area (Å²) in [4.78, 5) is 26.6. The van der Waals surface area contributed by atoms with Gasteiger partial charge in [0, 0.05) is 18.3 Å². The van der Waals surface area contributed by atoms with Crippen molar-refractivity contribution in [3.63, 3.8) is 0 Å². The fraction of sp³-hybridized carbons (Fsp3) is 0.438. The van der Waals surface area contributed by atoms with Gasteiger partial charge in [-0.15, -0.1) is 0 Å². The van der Waals surface area contributed by atoms with E-state index in [0.717, 1.165) is 6.08 Å². The highest BCUT2D eigenvalue weighted by Crippen LogP contribution is 2.27. The van der Waals surface area contributed by atoms with Gasteiger partial charge >= 0.3 is 5.97 Å². The normalized spacial score (nSPS) is 17.0. The highest BCUT2D eigenvalue weighted by molar-refractivity contribution is 5.92. The van der Waals surface area contributed by atoms with Crippen molar-refractivity contribution in [2.24, 2.45) is 5.92 Å². The van der Waals surface area contributed by atoms with E-state index in [0.29, 0.717) is 17.2 Å². The van der Waals surface area contributed by atoms with E-state index in [1.54, 1.807) is 12.1 Å². The third-order valence-corrected chi connectivity index (χ3v) is 3.90. The maximum Gasteiger partial charge on any atom is 0.328 e. The van der Waals surface area contributed by atoms with Crippen LogP contribution in [0.3, 0.4) is 0 Å². The molecule has 0 saturated heterocycles. The van der Waals surface area contributed by atoms with Crippen LogP contribution in [-0.2, 0) is 4.79 Å². The first-order chi connectivity index (χ1) is 10.1. The Balaban J connectivity index is 1.94. The van der Waals surface area contributed by atoms with Gasteiger partial charge in [0.1, 0.15) is 5.69 Å². The first kappa shape index (κ1) is 15.2. The zero-order valence-electron chi connectivity index (χ0n) is 12.1. The first-order valence-corrected chi connectivity index (χ1v) is 7.24. The summed E-state index contributed by atoms with van der Waals surface area (Å²) in [5.41, 5.74) is 1.00. The smallest absolute Gasteiger partial charge is 0.328 e. The van der Waals surface area contributed by atoms with Crippen LogP contribution in [0.1, 0.15) is 48.7 Å². The largest absolute Gasteiger partial charge is 0.478 e. The van der Waals surface area contributed by atoms with Gasteiger partial charge in [-0.05, 0) is 43.4 Å². The van der Waals surface area contributed by atoms with Gasteiger partial charge in [0.15, 0.2) is 0 Å². The molecule has 112 valence electrons. The van der Waals surface area contributed by atoms with Crippen LogP contribution >= 0.6 is 0 Å². The van der Waals surface area contributed by atoms with Crippen molar-refractivity contribution in [1.29, 1.82) is 0 Å². The number of carboxylic acids is 1. The quantitative estimate of drug-likeness (QED) is 0.816. The minimum atomic E-state index is -1.01. The molecular weight excluding hydrogens is 268 g/mol. The molecule has 1 unspecified atom stereocenters. The molecule has 0 aromatic carbocycles. The van der Waals surface area contributed by atoms with E-state index in [1.165, 1.54) is 38.0 Å².